The number of carbonyl (C=O) groups is 3. The van der Waals surface area contributed by atoms with E-state index in [1.54, 1.807) is 16.9 Å². The first-order valence-electron chi connectivity index (χ1n) is 11.5. The molecule has 4 rings (SSSR count). The Morgan fingerprint density at radius 1 is 1.03 bits per heavy atom. The third-order valence-corrected chi connectivity index (χ3v) is 6.27. The van der Waals surface area contributed by atoms with E-state index in [-0.39, 0.29) is 37.4 Å². The minimum Gasteiger partial charge on any atom is -0.497 e. The molecule has 1 heterocycles. The third-order valence-electron chi connectivity index (χ3n) is 6.27. The zero-order valence-corrected chi connectivity index (χ0v) is 19.2. The zero-order valence-electron chi connectivity index (χ0n) is 19.2. The molecule has 7 heteroatoms. The minimum atomic E-state index is -0.563. The number of nitrogens with zero attached hydrogens (tertiary/aromatic N) is 2. The van der Waals surface area contributed by atoms with Gasteiger partial charge in [-0.1, -0.05) is 31.2 Å². The predicted molar refractivity (Wildman–Crippen MR) is 124 cm³/mol. The summed E-state index contributed by atoms with van der Waals surface area (Å²) in [6, 6.07) is 15.6. The zero-order chi connectivity index (χ0) is 23.4. The molecule has 0 radical (unpaired) electrons. The highest BCUT2D eigenvalue weighted by Gasteiger charge is 2.37. The van der Waals surface area contributed by atoms with Crippen molar-refractivity contribution in [3.8, 4) is 5.75 Å². The molecule has 2 amide bonds. The number of hydrogen-bond donors (Lipinski definition) is 0. The molecule has 1 saturated carbocycles. The Kier molecular flexibility index (Phi) is 6.96. The van der Waals surface area contributed by atoms with Crippen LogP contribution in [0.5, 0.6) is 5.75 Å². The van der Waals surface area contributed by atoms with Crippen LogP contribution in [0.15, 0.2) is 48.5 Å². The van der Waals surface area contributed by atoms with Crippen molar-refractivity contribution in [3.05, 3.63) is 59.7 Å². The molecule has 174 valence electrons. The van der Waals surface area contributed by atoms with Crippen LogP contribution in [0.4, 0.5) is 5.69 Å². The van der Waals surface area contributed by atoms with Crippen LogP contribution in [0.3, 0.4) is 0 Å². The summed E-state index contributed by atoms with van der Waals surface area (Å²) in [5.74, 6) is -0.611. The minimum absolute atomic E-state index is 0.0980. The third kappa shape index (κ3) is 5.53. The number of rotatable bonds is 9. The SMILES string of the molecule is CCc1ccc(N2CC(C(=O)OCC(=O)N(Cc3ccc(OC)cc3)C3CC3)CC2=O)cc1. The Bertz CT molecular complexity index is 998. The van der Waals surface area contributed by atoms with Gasteiger partial charge in [0.2, 0.25) is 5.91 Å². The first-order valence-corrected chi connectivity index (χ1v) is 11.5. The van der Waals surface area contributed by atoms with Gasteiger partial charge in [0.05, 0.1) is 13.0 Å². The standard InChI is InChI=1S/C26H30N2O5/c1-3-18-4-8-21(9-5-18)28-16-20(14-24(28)29)26(31)33-17-25(30)27(22-10-11-22)15-19-6-12-23(32-2)13-7-19/h4-9,12-13,20,22H,3,10-11,14-17H2,1-2H3. The number of benzene rings is 2. The summed E-state index contributed by atoms with van der Waals surface area (Å²) in [6.45, 7) is 2.51. The molecule has 2 aromatic rings. The lowest BCUT2D eigenvalue weighted by Crippen LogP contribution is -2.36. The van der Waals surface area contributed by atoms with Gasteiger partial charge in [-0.15, -0.1) is 0 Å². The Balaban J connectivity index is 1.31. The van der Waals surface area contributed by atoms with Gasteiger partial charge in [-0.3, -0.25) is 14.4 Å². The summed E-state index contributed by atoms with van der Waals surface area (Å²) < 4.78 is 10.5. The molecule has 0 aromatic heterocycles. The fourth-order valence-corrected chi connectivity index (χ4v) is 4.09. The molecule has 7 nitrogen and oxygen atoms in total. The Hall–Kier alpha value is -3.35. The molecule has 0 N–H and O–H groups in total. The molecule has 33 heavy (non-hydrogen) atoms. The van der Waals surface area contributed by atoms with Crippen molar-refractivity contribution >= 4 is 23.5 Å². The van der Waals surface area contributed by atoms with Gasteiger partial charge in [0, 0.05) is 31.2 Å². The number of esters is 1. The van der Waals surface area contributed by atoms with E-state index in [0.29, 0.717) is 6.54 Å². The highest BCUT2D eigenvalue weighted by molar-refractivity contribution is 5.99. The number of anilines is 1. The lowest BCUT2D eigenvalue weighted by atomic mass is 10.1. The number of aryl methyl sites for hydroxylation is 1. The van der Waals surface area contributed by atoms with E-state index >= 15 is 0 Å². The van der Waals surface area contributed by atoms with Gasteiger partial charge in [-0.25, -0.2) is 0 Å². The van der Waals surface area contributed by atoms with Crippen molar-refractivity contribution in [3.63, 3.8) is 0 Å². The number of ether oxygens (including phenoxy) is 2. The molecule has 1 aliphatic heterocycles. The second-order valence-electron chi connectivity index (χ2n) is 8.63. The van der Waals surface area contributed by atoms with E-state index in [9.17, 15) is 14.4 Å². The molecule has 1 aliphatic carbocycles. The molecule has 1 unspecified atom stereocenters. The van der Waals surface area contributed by atoms with Crippen LogP contribution in [-0.4, -0.2) is 49.0 Å². The quantitative estimate of drug-likeness (QED) is 0.548. The molecule has 0 spiro atoms. The van der Waals surface area contributed by atoms with Crippen molar-refractivity contribution < 1.29 is 23.9 Å². The van der Waals surface area contributed by atoms with Crippen LogP contribution in [0.1, 0.15) is 37.3 Å². The summed E-state index contributed by atoms with van der Waals surface area (Å²) in [6.07, 6.45) is 2.94. The summed E-state index contributed by atoms with van der Waals surface area (Å²) in [7, 11) is 1.61. The molecule has 0 bridgehead atoms. The van der Waals surface area contributed by atoms with E-state index in [1.807, 2.05) is 48.5 Å². The molecule has 2 fully saturated rings. The van der Waals surface area contributed by atoms with Crippen LogP contribution in [0, 0.1) is 5.92 Å². The second kappa shape index (κ2) is 10.1. The summed E-state index contributed by atoms with van der Waals surface area (Å²) in [5.41, 5.74) is 2.96. The molecule has 1 atom stereocenters. The van der Waals surface area contributed by atoms with Crippen LogP contribution in [0.2, 0.25) is 0 Å². The van der Waals surface area contributed by atoms with E-state index in [4.69, 9.17) is 9.47 Å². The van der Waals surface area contributed by atoms with Crippen LogP contribution < -0.4 is 9.64 Å². The van der Waals surface area contributed by atoms with Gasteiger partial charge in [-0.2, -0.15) is 0 Å². The summed E-state index contributed by atoms with van der Waals surface area (Å²) in [5, 5.41) is 0. The fourth-order valence-electron chi connectivity index (χ4n) is 4.09. The van der Waals surface area contributed by atoms with E-state index in [1.165, 1.54) is 5.56 Å². The predicted octanol–water partition coefficient (Wildman–Crippen LogP) is 3.34. The molecule has 1 saturated heterocycles. The molecular formula is C26H30N2O5. The fraction of sp³-hybridized carbons (Fsp3) is 0.423. The normalized spacial score (nSPS) is 17.7. The van der Waals surface area contributed by atoms with Crippen molar-refractivity contribution in [2.24, 2.45) is 5.92 Å². The number of hydrogen-bond acceptors (Lipinski definition) is 5. The summed E-state index contributed by atoms with van der Waals surface area (Å²) in [4.78, 5) is 41.3. The Labute approximate surface area is 194 Å². The maximum absolute atomic E-state index is 12.8. The number of methoxy groups -OCH3 is 1. The molecule has 2 aromatic carbocycles. The van der Waals surface area contributed by atoms with Crippen LogP contribution in [0.25, 0.3) is 0 Å². The second-order valence-corrected chi connectivity index (χ2v) is 8.63. The average Bonchev–Trinajstić information content (AvgIpc) is 3.62. The van der Waals surface area contributed by atoms with Gasteiger partial charge in [-0.05, 0) is 54.7 Å². The topological polar surface area (TPSA) is 76.2 Å². The van der Waals surface area contributed by atoms with Gasteiger partial charge in [0.25, 0.3) is 5.91 Å². The van der Waals surface area contributed by atoms with Gasteiger partial charge >= 0.3 is 5.97 Å². The van der Waals surface area contributed by atoms with Crippen molar-refractivity contribution in [2.45, 2.75) is 45.2 Å². The largest absolute Gasteiger partial charge is 0.497 e. The van der Waals surface area contributed by atoms with E-state index in [2.05, 4.69) is 6.92 Å². The monoisotopic (exact) mass is 450 g/mol. The highest BCUT2D eigenvalue weighted by atomic mass is 16.5. The average molecular weight is 451 g/mol. The highest BCUT2D eigenvalue weighted by Crippen LogP contribution is 2.29. The van der Waals surface area contributed by atoms with E-state index < -0.39 is 11.9 Å². The van der Waals surface area contributed by atoms with Crippen LogP contribution in [-0.2, 0) is 32.1 Å². The maximum atomic E-state index is 12.8. The Morgan fingerprint density at radius 2 is 1.70 bits per heavy atom. The van der Waals surface area contributed by atoms with E-state index in [0.717, 1.165) is 36.3 Å². The van der Waals surface area contributed by atoms with Crippen LogP contribution >= 0.6 is 0 Å². The van der Waals surface area contributed by atoms with Crippen molar-refractivity contribution in [2.75, 3.05) is 25.2 Å². The summed E-state index contributed by atoms with van der Waals surface area (Å²) >= 11 is 0. The number of carbonyl (C=O) groups excluding carboxylic acids is 3. The van der Waals surface area contributed by atoms with Gasteiger partial charge in [0.1, 0.15) is 5.75 Å². The van der Waals surface area contributed by atoms with Gasteiger partial charge in [0.15, 0.2) is 6.61 Å². The smallest absolute Gasteiger partial charge is 0.311 e. The first kappa shape index (κ1) is 22.8. The number of amides is 2. The molecular weight excluding hydrogens is 420 g/mol. The first-order chi connectivity index (χ1) is 16.0. The van der Waals surface area contributed by atoms with Crippen molar-refractivity contribution in [1.29, 1.82) is 0 Å². The lowest BCUT2D eigenvalue weighted by molar-refractivity contribution is -0.155. The van der Waals surface area contributed by atoms with Gasteiger partial charge < -0.3 is 19.3 Å². The maximum Gasteiger partial charge on any atom is 0.311 e. The lowest BCUT2D eigenvalue weighted by Gasteiger charge is -2.23. The van der Waals surface area contributed by atoms with Crippen molar-refractivity contribution in [1.82, 2.24) is 4.90 Å². The Morgan fingerprint density at radius 3 is 2.30 bits per heavy atom. The molecule has 2 aliphatic rings.